The molecule has 0 saturated carbocycles. The van der Waals surface area contributed by atoms with E-state index in [9.17, 15) is 23.9 Å². The van der Waals surface area contributed by atoms with Crippen LogP contribution in [-0.4, -0.2) is 64.9 Å². The molecule has 3 heterocycles. The molecule has 3 amide bonds. The number of hydrogen-bond donors (Lipinski definition) is 2. The van der Waals surface area contributed by atoms with Gasteiger partial charge in [0.15, 0.2) is 0 Å². The average molecular weight is 744 g/mol. The van der Waals surface area contributed by atoms with Crippen LogP contribution in [0.2, 0.25) is 0 Å². The SMILES string of the molecule is O=C1CCC(N2Cc3c(cc(F)cc3C3CCN(CCCCCCOc4ccc([C@@H]5c6ccc(O)cc6CC[C@@H]5c5ccccc5)cc4)CC3)C2=O)C(=O)N1. The van der Waals surface area contributed by atoms with Crippen molar-refractivity contribution in [3.05, 3.63) is 130 Å². The van der Waals surface area contributed by atoms with Crippen LogP contribution >= 0.6 is 0 Å². The van der Waals surface area contributed by atoms with E-state index in [1.54, 1.807) is 6.07 Å². The summed E-state index contributed by atoms with van der Waals surface area (Å²) in [6.45, 7) is 3.86. The molecule has 1 unspecified atom stereocenters. The fourth-order valence-corrected chi connectivity index (χ4v) is 9.52. The molecule has 0 aromatic heterocycles. The number of ether oxygens (including phenoxy) is 1. The minimum Gasteiger partial charge on any atom is -0.508 e. The lowest BCUT2D eigenvalue weighted by atomic mass is 9.69. The number of hydrogen-bond acceptors (Lipinski definition) is 6. The van der Waals surface area contributed by atoms with Crippen LogP contribution in [-0.2, 0) is 22.6 Å². The third-order valence-corrected chi connectivity index (χ3v) is 12.4. The number of halogens is 1. The van der Waals surface area contributed by atoms with Crippen molar-refractivity contribution in [2.75, 3.05) is 26.2 Å². The minimum absolute atomic E-state index is 0.166. The number of nitrogens with zero attached hydrogens (tertiary/aromatic N) is 2. The largest absolute Gasteiger partial charge is 0.508 e. The topological polar surface area (TPSA) is 99.2 Å². The van der Waals surface area contributed by atoms with Gasteiger partial charge in [-0.3, -0.25) is 19.7 Å². The quantitative estimate of drug-likeness (QED) is 0.113. The molecule has 55 heavy (non-hydrogen) atoms. The maximum Gasteiger partial charge on any atom is 0.255 e. The molecule has 3 atom stereocenters. The third kappa shape index (κ3) is 8.04. The summed E-state index contributed by atoms with van der Waals surface area (Å²) in [5, 5.41) is 12.5. The monoisotopic (exact) mass is 743 g/mol. The predicted octanol–water partition coefficient (Wildman–Crippen LogP) is 7.97. The van der Waals surface area contributed by atoms with Crippen molar-refractivity contribution in [2.24, 2.45) is 0 Å². The third-order valence-electron chi connectivity index (χ3n) is 12.4. The number of imide groups is 1. The molecule has 3 aliphatic heterocycles. The van der Waals surface area contributed by atoms with Crippen LogP contribution in [0.25, 0.3) is 0 Å². The first-order chi connectivity index (χ1) is 26.8. The fraction of sp³-hybridized carbons (Fsp3) is 0.413. The lowest BCUT2D eigenvalue weighted by Crippen LogP contribution is -2.52. The summed E-state index contributed by atoms with van der Waals surface area (Å²) in [4.78, 5) is 41.5. The molecule has 286 valence electrons. The van der Waals surface area contributed by atoms with Gasteiger partial charge in [-0.2, -0.15) is 0 Å². The molecule has 8 nitrogen and oxygen atoms in total. The Balaban J connectivity index is 0.775. The zero-order valence-electron chi connectivity index (χ0n) is 31.4. The van der Waals surface area contributed by atoms with Gasteiger partial charge in [-0.1, -0.05) is 61.4 Å². The van der Waals surface area contributed by atoms with Crippen LogP contribution in [0.1, 0.15) is 119 Å². The second kappa shape index (κ2) is 16.4. The van der Waals surface area contributed by atoms with E-state index in [4.69, 9.17) is 4.74 Å². The number of aromatic hydroxyl groups is 1. The molecule has 4 aromatic carbocycles. The van der Waals surface area contributed by atoms with E-state index in [0.717, 1.165) is 87.9 Å². The summed E-state index contributed by atoms with van der Waals surface area (Å²) in [7, 11) is 0. The average Bonchev–Trinajstić information content (AvgIpc) is 3.52. The number of benzene rings is 4. The summed E-state index contributed by atoms with van der Waals surface area (Å²) in [6.07, 6.45) is 8.64. The number of phenolic OH excluding ortho intramolecular Hbond substituents is 1. The number of carbonyl (C=O) groups is 3. The molecule has 2 saturated heterocycles. The highest BCUT2D eigenvalue weighted by molar-refractivity contribution is 6.05. The van der Waals surface area contributed by atoms with Crippen LogP contribution < -0.4 is 10.1 Å². The van der Waals surface area contributed by atoms with E-state index in [1.165, 1.54) is 33.2 Å². The highest BCUT2D eigenvalue weighted by Crippen LogP contribution is 2.47. The minimum atomic E-state index is -0.703. The van der Waals surface area contributed by atoms with Gasteiger partial charge >= 0.3 is 0 Å². The summed E-state index contributed by atoms with van der Waals surface area (Å²) < 4.78 is 21.0. The molecule has 8 rings (SSSR count). The number of piperidine rings is 2. The number of unbranched alkanes of at least 4 members (excludes halogenated alkanes) is 3. The van der Waals surface area contributed by atoms with E-state index in [-0.39, 0.29) is 36.6 Å². The van der Waals surface area contributed by atoms with E-state index < -0.39 is 17.8 Å². The highest BCUT2D eigenvalue weighted by atomic mass is 19.1. The molecule has 1 aliphatic carbocycles. The van der Waals surface area contributed by atoms with Crippen molar-refractivity contribution < 1.29 is 28.6 Å². The summed E-state index contributed by atoms with van der Waals surface area (Å²) >= 11 is 0. The molecular weight excluding hydrogens is 694 g/mol. The Labute approximate surface area is 322 Å². The van der Waals surface area contributed by atoms with Gasteiger partial charge in [0.05, 0.1) is 6.61 Å². The maximum atomic E-state index is 14.8. The molecule has 2 fully saturated rings. The van der Waals surface area contributed by atoms with Crippen molar-refractivity contribution in [1.29, 1.82) is 0 Å². The van der Waals surface area contributed by atoms with Crippen LogP contribution in [0, 0.1) is 5.82 Å². The van der Waals surface area contributed by atoms with Crippen LogP contribution in [0.4, 0.5) is 4.39 Å². The predicted molar refractivity (Wildman–Crippen MR) is 209 cm³/mol. The van der Waals surface area contributed by atoms with Gasteiger partial charge in [-0.05, 0) is 146 Å². The number of fused-ring (bicyclic) bond motifs is 2. The lowest BCUT2D eigenvalue weighted by molar-refractivity contribution is -0.136. The van der Waals surface area contributed by atoms with Gasteiger partial charge in [0.2, 0.25) is 11.8 Å². The smallest absolute Gasteiger partial charge is 0.255 e. The molecular formula is C46H50FN3O5. The molecule has 4 aliphatic rings. The van der Waals surface area contributed by atoms with Crippen LogP contribution in [0.15, 0.2) is 84.9 Å². The standard InChI is InChI=1S/C46H50FN3O5/c47-34-27-39(41-29-50(46(54)40(41)28-34)42-18-19-43(52)48-45(42)53)31-20-23-49(24-21-31)22-6-1-2-7-25-55-36-14-10-32(11-15-36)44-37(30-8-4-3-5-9-30)16-12-33-26-35(51)13-17-38(33)44/h3-5,8-11,13-15,17,26-28,31,37,42,44,51H,1-2,6-7,12,16,18-25,29H2,(H,48,52,53)/t37-,42?,44+/m1/s1. The van der Waals surface area contributed by atoms with Gasteiger partial charge in [-0.25, -0.2) is 4.39 Å². The second-order valence-corrected chi connectivity index (χ2v) is 15.8. The van der Waals surface area contributed by atoms with E-state index in [2.05, 4.69) is 70.9 Å². The number of aryl methyl sites for hydroxylation is 1. The van der Waals surface area contributed by atoms with Crippen molar-refractivity contribution in [3.8, 4) is 11.5 Å². The van der Waals surface area contributed by atoms with Crippen molar-refractivity contribution >= 4 is 17.7 Å². The molecule has 0 radical (unpaired) electrons. The number of carbonyl (C=O) groups excluding carboxylic acids is 3. The van der Waals surface area contributed by atoms with Crippen molar-refractivity contribution in [2.45, 2.75) is 94.5 Å². The lowest BCUT2D eigenvalue weighted by Gasteiger charge is -2.34. The van der Waals surface area contributed by atoms with Gasteiger partial charge in [-0.15, -0.1) is 0 Å². The Morgan fingerprint density at radius 1 is 0.782 bits per heavy atom. The van der Waals surface area contributed by atoms with Crippen molar-refractivity contribution in [3.63, 3.8) is 0 Å². The maximum absolute atomic E-state index is 14.8. The zero-order valence-corrected chi connectivity index (χ0v) is 31.4. The highest BCUT2D eigenvalue weighted by Gasteiger charge is 2.41. The zero-order chi connectivity index (χ0) is 37.9. The van der Waals surface area contributed by atoms with E-state index in [0.29, 0.717) is 30.3 Å². The number of rotatable bonds is 12. The number of nitrogens with one attached hydrogen (secondary N) is 1. The van der Waals surface area contributed by atoms with Gasteiger partial charge in [0.25, 0.3) is 5.91 Å². The number of likely N-dealkylation sites (tertiary alicyclic amines) is 1. The van der Waals surface area contributed by atoms with Gasteiger partial charge in [0, 0.05) is 24.4 Å². The normalized spacial score (nSPS) is 21.7. The fourth-order valence-electron chi connectivity index (χ4n) is 9.52. The van der Waals surface area contributed by atoms with Crippen molar-refractivity contribution in [1.82, 2.24) is 15.1 Å². The first-order valence-electron chi connectivity index (χ1n) is 20.1. The number of amides is 3. The van der Waals surface area contributed by atoms with Gasteiger partial charge < -0.3 is 19.6 Å². The Hall–Kier alpha value is -5.02. The van der Waals surface area contributed by atoms with Crippen LogP contribution in [0.5, 0.6) is 11.5 Å². The Morgan fingerprint density at radius 2 is 1.56 bits per heavy atom. The summed E-state index contributed by atoms with van der Waals surface area (Å²) in [5.74, 6) is 0.463. The molecule has 0 spiro atoms. The molecule has 2 N–H and O–H groups in total. The second-order valence-electron chi connectivity index (χ2n) is 15.8. The first-order valence-corrected chi connectivity index (χ1v) is 20.1. The van der Waals surface area contributed by atoms with Crippen LogP contribution in [0.3, 0.4) is 0 Å². The summed E-state index contributed by atoms with van der Waals surface area (Å²) in [6, 6.07) is 27.4. The first kappa shape index (κ1) is 36.9. The molecule has 9 heteroatoms. The molecule has 0 bridgehead atoms. The molecule has 4 aromatic rings. The number of phenols is 1. The van der Waals surface area contributed by atoms with E-state index in [1.807, 2.05) is 12.1 Å². The van der Waals surface area contributed by atoms with E-state index >= 15 is 0 Å². The Kier molecular flexibility index (Phi) is 11.0. The van der Waals surface area contributed by atoms with Gasteiger partial charge in [0.1, 0.15) is 23.4 Å². The Bertz CT molecular complexity index is 2030. The Morgan fingerprint density at radius 3 is 2.35 bits per heavy atom. The summed E-state index contributed by atoms with van der Waals surface area (Å²) in [5.41, 5.74) is 7.22.